The highest BCUT2D eigenvalue weighted by atomic mass is 35.5. The number of aromatic nitrogens is 1. The van der Waals surface area contributed by atoms with E-state index in [4.69, 9.17) is 11.6 Å². The fourth-order valence-electron chi connectivity index (χ4n) is 1.88. The molecule has 0 saturated heterocycles. The second-order valence-electron chi connectivity index (χ2n) is 5.62. The minimum Gasteiger partial charge on any atom is -0.480 e. The van der Waals surface area contributed by atoms with Crippen molar-refractivity contribution in [3.63, 3.8) is 0 Å². The van der Waals surface area contributed by atoms with Gasteiger partial charge in [0.1, 0.15) is 10.5 Å². The summed E-state index contributed by atoms with van der Waals surface area (Å²) in [6, 6.07) is 7.36. The first kappa shape index (κ1) is 17.4. The maximum atomic E-state index is 12.3. The molecule has 0 aliphatic heterocycles. The summed E-state index contributed by atoms with van der Waals surface area (Å²) in [5.74, 6) is -1.35. The molecule has 0 atom stereocenters. The number of hydrogen-bond donors (Lipinski definition) is 1. The highest BCUT2D eigenvalue weighted by Crippen LogP contribution is 2.30. The van der Waals surface area contributed by atoms with E-state index in [0.717, 1.165) is 10.6 Å². The smallest absolute Gasteiger partial charge is 0.329 e. The number of likely N-dealkylation sites (N-methyl/N-ethyl adjacent to an activating group) is 1. The Morgan fingerprint density at radius 1 is 1.35 bits per heavy atom. The SMILES string of the molecule is CN(C(=O)Cc1csc(-c2ccccc2Cl)n1)C(C)(C)C(=O)O. The molecule has 0 aliphatic rings. The van der Waals surface area contributed by atoms with Gasteiger partial charge in [-0.25, -0.2) is 9.78 Å². The number of carbonyl (C=O) groups excluding carboxylic acids is 1. The van der Waals surface area contributed by atoms with Gasteiger partial charge >= 0.3 is 5.97 Å². The minimum absolute atomic E-state index is 0.0498. The number of benzene rings is 1. The van der Waals surface area contributed by atoms with Crippen molar-refractivity contribution in [2.75, 3.05) is 7.05 Å². The Labute approximate surface area is 143 Å². The van der Waals surface area contributed by atoms with Crippen molar-refractivity contribution in [3.05, 3.63) is 40.4 Å². The maximum Gasteiger partial charge on any atom is 0.329 e. The van der Waals surface area contributed by atoms with Crippen LogP contribution in [-0.4, -0.2) is 39.5 Å². The number of carbonyl (C=O) groups is 2. The van der Waals surface area contributed by atoms with Gasteiger partial charge in [-0.1, -0.05) is 29.8 Å². The number of nitrogens with zero attached hydrogens (tertiary/aromatic N) is 2. The number of aliphatic carboxylic acids is 1. The monoisotopic (exact) mass is 352 g/mol. The summed E-state index contributed by atoms with van der Waals surface area (Å²) in [7, 11) is 1.48. The van der Waals surface area contributed by atoms with Crippen LogP contribution in [0.1, 0.15) is 19.5 Å². The van der Waals surface area contributed by atoms with Crippen molar-refractivity contribution in [2.24, 2.45) is 0 Å². The van der Waals surface area contributed by atoms with Gasteiger partial charge in [0.05, 0.1) is 17.1 Å². The van der Waals surface area contributed by atoms with Gasteiger partial charge < -0.3 is 10.0 Å². The van der Waals surface area contributed by atoms with Crippen LogP contribution in [0.3, 0.4) is 0 Å². The molecule has 0 fully saturated rings. The lowest BCUT2D eigenvalue weighted by Crippen LogP contribution is -2.51. The molecule has 2 aromatic rings. The van der Waals surface area contributed by atoms with E-state index in [2.05, 4.69) is 4.98 Å². The van der Waals surface area contributed by atoms with E-state index in [-0.39, 0.29) is 12.3 Å². The minimum atomic E-state index is -1.27. The first-order chi connectivity index (χ1) is 10.7. The second kappa shape index (κ2) is 6.68. The molecular weight excluding hydrogens is 336 g/mol. The third-order valence-corrected chi connectivity index (χ3v) is 4.98. The number of amides is 1. The standard InChI is InChI=1S/C16H17ClN2O3S/c1-16(2,15(21)22)19(3)13(20)8-10-9-23-14(18-10)11-6-4-5-7-12(11)17/h4-7,9H,8H2,1-3H3,(H,21,22). The molecule has 7 heteroatoms. The quantitative estimate of drug-likeness (QED) is 0.896. The first-order valence-corrected chi connectivity index (χ1v) is 8.18. The molecular formula is C16H17ClN2O3S. The number of hydrogen-bond acceptors (Lipinski definition) is 4. The molecule has 1 N–H and O–H groups in total. The lowest BCUT2D eigenvalue weighted by molar-refractivity contribution is -0.155. The van der Waals surface area contributed by atoms with Gasteiger partial charge in [-0.05, 0) is 19.9 Å². The van der Waals surface area contributed by atoms with Gasteiger partial charge in [-0.2, -0.15) is 0 Å². The Morgan fingerprint density at radius 3 is 2.61 bits per heavy atom. The van der Waals surface area contributed by atoms with E-state index in [1.165, 1.54) is 37.1 Å². The predicted molar refractivity (Wildman–Crippen MR) is 90.7 cm³/mol. The van der Waals surface area contributed by atoms with Crippen LogP contribution in [0.4, 0.5) is 0 Å². The summed E-state index contributed by atoms with van der Waals surface area (Å²) in [5.41, 5.74) is 0.152. The first-order valence-electron chi connectivity index (χ1n) is 6.93. The van der Waals surface area contributed by atoms with E-state index in [1.807, 2.05) is 18.2 Å². The van der Waals surface area contributed by atoms with Crippen LogP contribution in [0.25, 0.3) is 10.6 Å². The van der Waals surface area contributed by atoms with E-state index in [9.17, 15) is 14.7 Å². The fourth-order valence-corrected chi connectivity index (χ4v) is 3.02. The van der Waals surface area contributed by atoms with E-state index in [1.54, 1.807) is 11.4 Å². The van der Waals surface area contributed by atoms with Crippen molar-refractivity contribution < 1.29 is 14.7 Å². The zero-order valence-electron chi connectivity index (χ0n) is 13.0. The average Bonchev–Trinajstić information content (AvgIpc) is 2.94. The molecule has 1 aromatic carbocycles. The largest absolute Gasteiger partial charge is 0.480 e. The summed E-state index contributed by atoms with van der Waals surface area (Å²) in [6.07, 6.45) is 0.0498. The lowest BCUT2D eigenvalue weighted by Gasteiger charge is -2.31. The summed E-state index contributed by atoms with van der Waals surface area (Å²) in [5, 5.41) is 12.3. The van der Waals surface area contributed by atoms with Gasteiger partial charge in [0.2, 0.25) is 5.91 Å². The van der Waals surface area contributed by atoms with Gasteiger partial charge in [0.15, 0.2) is 0 Å². The topological polar surface area (TPSA) is 70.5 Å². The third-order valence-electron chi connectivity index (χ3n) is 3.72. The molecule has 0 unspecified atom stereocenters. The number of carboxylic acid groups (broad SMARTS) is 1. The van der Waals surface area contributed by atoms with Gasteiger partial charge in [-0.15, -0.1) is 11.3 Å². The summed E-state index contributed by atoms with van der Waals surface area (Å²) in [4.78, 5) is 29.2. The lowest BCUT2D eigenvalue weighted by atomic mass is 10.0. The fraction of sp³-hybridized carbons (Fsp3) is 0.312. The Bertz CT molecular complexity index is 742. The maximum absolute atomic E-state index is 12.3. The zero-order valence-corrected chi connectivity index (χ0v) is 14.6. The third kappa shape index (κ3) is 3.71. The molecule has 1 amide bonds. The van der Waals surface area contributed by atoms with Gasteiger partial charge in [-0.3, -0.25) is 4.79 Å². The van der Waals surface area contributed by atoms with Crippen LogP contribution in [0.2, 0.25) is 5.02 Å². The molecule has 5 nitrogen and oxygen atoms in total. The van der Waals surface area contributed by atoms with E-state index in [0.29, 0.717) is 10.7 Å². The molecule has 1 aromatic heterocycles. The van der Waals surface area contributed by atoms with Crippen molar-refractivity contribution in [1.29, 1.82) is 0 Å². The second-order valence-corrected chi connectivity index (χ2v) is 6.88. The van der Waals surface area contributed by atoms with Crippen LogP contribution in [0, 0.1) is 0 Å². The molecule has 2 rings (SSSR count). The van der Waals surface area contributed by atoms with Crippen LogP contribution in [-0.2, 0) is 16.0 Å². The van der Waals surface area contributed by atoms with Crippen molar-refractivity contribution in [1.82, 2.24) is 9.88 Å². The van der Waals surface area contributed by atoms with E-state index >= 15 is 0 Å². The molecule has 23 heavy (non-hydrogen) atoms. The number of thiazole rings is 1. The molecule has 0 aliphatic carbocycles. The highest BCUT2D eigenvalue weighted by Gasteiger charge is 2.35. The molecule has 0 bridgehead atoms. The van der Waals surface area contributed by atoms with Crippen LogP contribution in [0.5, 0.6) is 0 Å². The van der Waals surface area contributed by atoms with Crippen LogP contribution in [0.15, 0.2) is 29.6 Å². The molecule has 0 radical (unpaired) electrons. The van der Waals surface area contributed by atoms with Gasteiger partial charge in [0.25, 0.3) is 0 Å². The number of halogens is 1. The van der Waals surface area contributed by atoms with Crippen molar-refractivity contribution >= 4 is 34.8 Å². The summed E-state index contributed by atoms with van der Waals surface area (Å²) >= 11 is 7.55. The molecule has 0 spiro atoms. The van der Waals surface area contributed by atoms with Crippen LogP contribution < -0.4 is 0 Å². The summed E-state index contributed by atoms with van der Waals surface area (Å²) < 4.78 is 0. The van der Waals surface area contributed by atoms with Gasteiger partial charge in [0, 0.05) is 18.0 Å². The zero-order chi connectivity index (χ0) is 17.2. The molecule has 0 saturated carbocycles. The molecule has 1 heterocycles. The Balaban J connectivity index is 2.15. The van der Waals surface area contributed by atoms with E-state index < -0.39 is 11.5 Å². The van der Waals surface area contributed by atoms with Crippen LogP contribution >= 0.6 is 22.9 Å². The summed E-state index contributed by atoms with van der Waals surface area (Å²) in [6.45, 7) is 2.98. The predicted octanol–water partition coefficient (Wildman–Crippen LogP) is 3.33. The highest BCUT2D eigenvalue weighted by molar-refractivity contribution is 7.13. The van der Waals surface area contributed by atoms with Crippen molar-refractivity contribution in [2.45, 2.75) is 25.8 Å². The average molecular weight is 353 g/mol. The number of rotatable bonds is 5. The number of carboxylic acids is 1. The molecule has 122 valence electrons. The Kier molecular flexibility index (Phi) is 5.06. The van der Waals surface area contributed by atoms with Crippen molar-refractivity contribution in [3.8, 4) is 10.6 Å². The Hall–Kier alpha value is -1.92. The normalized spacial score (nSPS) is 11.3. The Morgan fingerprint density at radius 2 is 2.00 bits per heavy atom.